The fraction of sp³-hybridized carbons (Fsp3) is 0.125. The normalized spacial score (nSPS) is 10.5. The van der Waals surface area contributed by atoms with Crippen molar-refractivity contribution in [2.45, 2.75) is 6.92 Å². The molecule has 0 N–H and O–H groups in total. The predicted octanol–water partition coefficient (Wildman–Crippen LogP) is 2.40. The molecule has 0 aliphatic rings. The Kier molecular flexibility index (Phi) is 1.21. The van der Waals surface area contributed by atoms with Gasteiger partial charge < -0.3 is 0 Å². The Morgan fingerprint density at radius 1 is 1.60 bits per heavy atom. The number of hydrogen-bond acceptors (Lipinski definition) is 2. The zero-order valence-corrected chi connectivity index (χ0v) is 6.40. The van der Waals surface area contributed by atoms with Crippen LogP contribution in [0.1, 0.15) is 4.88 Å². The van der Waals surface area contributed by atoms with Gasteiger partial charge in [-0.05, 0) is 13.0 Å². The van der Waals surface area contributed by atoms with E-state index >= 15 is 0 Å². The van der Waals surface area contributed by atoms with Crippen LogP contribution < -0.4 is 0 Å². The van der Waals surface area contributed by atoms with E-state index in [1.54, 1.807) is 17.5 Å². The molecule has 0 fully saturated rings. The molecule has 2 rings (SSSR count). The summed E-state index contributed by atoms with van der Waals surface area (Å²) < 4.78 is 1.22. The van der Waals surface area contributed by atoms with E-state index in [0.717, 1.165) is 0 Å². The van der Waals surface area contributed by atoms with Gasteiger partial charge in [-0.25, -0.2) is 0 Å². The summed E-state index contributed by atoms with van der Waals surface area (Å²) in [6.07, 6.45) is 3.68. The van der Waals surface area contributed by atoms with Crippen LogP contribution in [0.3, 0.4) is 0 Å². The molecule has 0 atom stereocenters. The lowest BCUT2D eigenvalue weighted by molar-refractivity contribution is 1.37. The predicted molar refractivity (Wildman–Crippen MR) is 43.2 cm³/mol. The second kappa shape index (κ2) is 2.06. The van der Waals surface area contributed by atoms with E-state index < -0.39 is 0 Å². The van der Waals surface area contributed by atoms with Crippen LogP contribution in [0.2, 0.25) is 0 Å². The highest BCUT2D eigenvalue weighted by atomic mass is 32.1. The molecule has 0 unspecified atom stereocenters. The first-order valence-corrected chi connectivity index (χ1v) is 3.90. The maximum absolute atomic E-state index is 4.02. The number of nitrogens with zero attached hydrogens (tertiary/aromatic N) is 1. The number of pyridine rings is 1. The molecule has 0 bridgehead atoms. The second-order valence-corrected chi connectivity index (χ2v) is 3.41. The molecule has 49 valence electrons. The SMILES string of the molecule is Cc1[c]c2ccncc2s1. The topological polar surface area (TPSA) is 12.9 Å². The molecule has 10 heavy (non-hydrogen) atoms. The van der Waals surface area contributed by atoms with Gasteiger partial charge in [-0.15, -0.1) is 11.3 Å². The van der Waals surface area contributed by atoms with Gasteiger partial charge in [-0.3, -0.25) is 4.98 Å². The summed E-state index contributed by atoms with van der Waals surface area (Å²) in [5, 5.41) is 1.18. The van der Waals surface area contributed by atoms with E-state index in [1.165, 1.54) is 15.0 Å². The Bertz CT molecular complexity index is 318. The minimum Gasteiger partial charge on any atom is -0.263 e. The Hall–Kier alpha value is -0.890. The van der Waals surface area contributed by atoms with E-state index in [-0.39, 0.29) is 0 Å². The Labute approximate surface area is 63.3 Å². The highest BCUT2D eigenvalue weighted by Gasteiger charge is 1.95. The van der Waals surface area contributed by atoms with Crippen LogP contribution in [0.5, 0.6) is 0 Å². The van der Waals surface area contributed by atoms with Crippen LogP contribution in [0.15, 0.2) is 18.5 Å². The standard InChI is InChI=1S/C8H6NS/c1-6-4-7-2-3-9-5-8(7)10-6/h2-3,5H,1H3. The zero-order valence-electron chi connectivity index (χ0n) is 5.59. The number of rotatable bonds is 0. The molecule has 0 aliphatic heterocycles. The van der Waals surface area contributed by atoms with Gasteiger partial charge in [0.15, 0.2) is 0 Å². The maximum atomic E-state index is 4.02. The van der Waals surface area contributed by atoms with Crippen LogP contribution in [0, 0.1) is 13.0 Å². The van der Waals surface area contributed by atoms with Crippen LogP contribution >= 0.6 is 11.3 Å². The van der Waals surface area contributed by atoms with Gasteiger partial charge in [0.1, 0.15) is 0 Å². The molecule has 2 heteroatoms. The molecule has 0 amide bonds. The second-order valence-electron chi connectivity index (χ2n) is 2.16. The van der Waals surface area contributed by atoms with Crippen molar-refractivity contribution in [2.24, 2.45) is 0 Å². The first kappa shape index (κ1) is 5.86. The van der Waals surface area contributed by atoms with Gasteiger partial charge in [0.25, 0.3) is 0 Å². The zero-order chi connectivity index (χ0) is 6.97. The van der Waals surface area contributed by atoms with Crippen molar-refractivity contribution in [3.8, 4) is 0 Å². The molecule has 0 saturated carbocycles. The summed E-state index contributed by atoms with van der Waals surface area (Å²) in [5.74, 6) is 0. The number of hydrogen-bond donors (Lipinski definition) is 0. The van der Waals surface area contributed by atoms with E-state index in [9.17, 15) is 0 Å². The highest BCUT2D eigenvalue weighted by molar-refractivity contribution is 7.18. The lowest BCUT2D eigenvalue weighted by Gasteiger charge is -1.81. The van der Waals surface area contributed by atoms with Crippen LogP contribution in [-0.2, 0) is 0 Å². The third-order valence-corrected chi connectivity index (χ3v) is 2.31. The molecule has 1 radical (unpaired) electrons. The van der Waals surface area contributed by atoms with E-state index in [0.29, 0.717) is 0 Å². The largest absolute Gasteiger partial charge is 0.263 e. The van der Waals surface area contributed by atoms with Gasteiger partial charge in [-0.2, -0.15) is 0 Å². The quantitative estimate of drug-likeness (QED) is 0.559. The first-order chi connectivity index (χ1) is 4.86. The number of thiophene rings is 1. The molecule has 2 heterocycles. The van der Waals surface area contributed by atoms with Crippen molar-refractivity contribution in [1.82, 2.24) is 4.98 Å². The minimum atomic E-state index is 1.18. The van der Waals surface area contributed by atoms with Gasteiger partial charge in [0, 0.05) is 28.7 Å². The lowest BCUT2D eigenvalue weighted by Crippen LogP contribution is -1.64. The van der Waals surface area contributed by atoms with Crippen molar-refractivity contribution in [2.75, 3.05) is 0 Å². The van der Waals surface area contributed by atoms with Gasteiger partial charge >= 0.3 is 0 Å². The first-order valence-electron chi connectivity index (χ1n) is 3.09. The van der Waals surface area contributed by atoms with E-state index in [4.69, 9.17) is 0 Å². The number of aromatic nitrogens is 1. The molecular weight excluding hydrogens is 142 g/mol. The average molecular weight is 148 g/mol. The summed E-state index contributed by atoms with van der Waals surface area (Å²) in [6, 6.07) is 5.22. The molecule has 1 nitrogen and oxygen atoms in total. The minimum absolute atomic E-state index is 1.18. The van der Waals surface area contributed by atoms with Crippen molar-refractivity contribution in [3.63, 3.8) is 0 Å². The summed E-state index contributed by atoms with van der Waals surface area (Å²) in [4.78, 5) is 5.24. The maximum Gasteiger partial charge on any atom is 0.0535 e. The number of aryl methyl sites for hydroxylation is 1. The third kappa shape index (κ3) is 0.809. The fourth-order valence-electron chi connectivity index (χ4n) is 0.945. The molecular formula is C8H6NS. The van der Waals surface area contributed by atoms with E-state index in [2.05, 4.69) is 18.0 Å². The Morgan fingerprint density at radius 3 is 3.30 bits per heavy atom. The average Bonchev–Trinajstić information content (AvgIpc) is 2.27. The van der Waals surface area contributed by atoms with E-state index in [1.807, 2.05) is 12.3 Å². The summed E-state index contributed by atoms with van der Waals surface area (Å²) >= 11 is 1.73. The Morgan fingerprint density at radius 2 is 2.50 bits per heavy atom. The van der Waals surface area contributed by atoms with Gasteiger partial charge in [0.2, 0.25) is 0 Å². The van der Waals surface area contributed by atoms with Crippen molar-refractivity contribution in [1.29, 1.82) is 0 Å². The number of fused-ring (bicyclic) bond motifs is 1. The lowest BCUT2D eigenvalue weighted by atomic mass is 10.3. The van der Waals surface area contributed by atoms with Gasteiger partial charge in [0.05, 0.1) is 4.70 Å². The fourth-order valence-corrected chi connectivity index (χ4v) is 1.78. The Balaban J connectivity index is 2.88. The van der Waals surface area contributed by atoms with Crippen molar-refractivity contribution in [3.05, 3.63) is 29.4 Å². The van der Waals surface area contributed by atoms with Crippen molar-refractivity contribution < 1.29 is 0 Å². The van der Waals surface area contributed by atoms with Crippen molar-refractivity contribution >= 4 is 21.4 Å². The molecule has 0 aliphatic carbocycles. The summed E-state index contributed by atoms with van der Waals surface area (Å²) in [5.41, 5.74) is 0. The summed E-state index contributed by atoms with van der Waals surface area (Å²) in [6.45, 7) is 2.06. The monoisotopic (exact) mass is 148 g/mol. The smallest absolute Gasteiger partial charge is 0.0535 e. The van der Waals surface area contributed by atoms with Gasteiger partial charge in [-0.1, -0.05) is 0 Å². The molecule has 0 aromatic carbocycles. The highest BCUT2D eigenvalue weighted by Crippen LogP contribution is 2.22. The molecule has 2 aromatic rings. The molecule has 2 aromatic heterocycles. The third-order valence-electron chi connectivity index (χ3n) is 1.36. The van der Waals surface area contributed by atoms with Crippen LogP contribution in [0.4, 0.5) is 0 Å². The molecule has 0 saturated heterocycles. The van der Waals surface area contributed by atoms with Crippen LogP contribution in [0.25, 0.3) is 10.1 Å². The summed E-state index contributed by atoms with van der Waals surface area (Å²) in [7, 11) is 0. The van der Waals surface area contributed by atoms with Crippen LogP contribution in [-0.4, -0.2) is 4.98 Å². The molecule has 0 spiro atoms.